The summed E-state index contributed by atoms with van der Waals surface area (Å²) in [7, 11) is 0. The molecule has 0 aromatic rings. The second-order valence-corrected chi connectivity index (χ2v) is 3.91. The molecule has 0 unspecified atom stereocenters. The molecule has 3 nitrogen and oxygen atoms in total. The normalized spacial score (nSPS) is 34.2. The molecule has 0 saturated heterocycles. The van der Waals surface area contributed by atoms with Crippen LogP contribution in [0.3, 0.4) is 0 Å². The first-order chi connectivity index (χ1) is 6.15. The molecule has 1 rings (SSSR count). The third kappa shape index (κ3) is 2.69. The van der Waals surface area contributed by atoms with Gasteiger partial charge in [0.25, 0.3) is 0 Å². The maximum Gasteiger partial charge on any atom is 0.309 e. The van der Waals surface area contributed by atoms with E-state index in [9.17, 15) is 4.79 Å². The molecule has 0 bridgehead atoms. The van der Waals surface area contributed by atoms with Crippen molar-refractivity contribution in [1.29, 1.82) is 0 Å². The zero-order valence-electron chi connectivity index (χ0n) is 8.45. The predicted octanol–water partition coefficient (Wildman–Crippen LogP) is 1.31. The van der Waals surface area contributed by atoms with Crippen LogP contribution >= 0.6 is 0 Å². The summed E-state index contributed by atoms with van der Waals surface area (Å²) in [6.45, 7) is 4.41. The van der Waals surface area contributed by atoms with E-state index in [2.05, 4.69) is 6.92 Å². The summed E-state index contributed by atoms with van der Waals surface area (Å²) in [6.07, 6.45) is 2.79. The first-order valence-corrected chi connectivity index (χ1v) is 5.07. The number of nitrogens with two attached hydrogens (primary N) is 1. The lowest BCUT2D eigenvalue weighted by molar-refractivity contribution is -0.151. The number of rotatable bonds is 2. The molecule has 0 amide bonds. The molecule has 1 aliphatic carbocycles. The van der Waals surface area contributed by atoms with Crippen LogP contribution in [-0.4, -0.2) is 18.6 Å². The van der Waals surface area contributed by atoms with Crippen LogP contribution in [0.1, 0.15) is 33.1 Å². The minimum Gasteiger partial charge on any atom is -0.466 e. The van der Waals surface area contributed by atoms with Gasteiger partial charge in [-0.1, -0.05) is 6.92 Å². The van der Waals surface area contributed by atoms with Gasteiger partial charge >= 0.3 is 5.97 Å². The fourth-order valence-electron chi connectivity index (χ4n) is 2.04. The van der Waals surface area contributed by atoms with Gasteiger partial charge in [0, 0.05) is 6.04 Å². The highest BCUT2D eigenvalue weighted by Crippen LogP contribution is 2.29. The lowest BCUT2D eigenvalue weighted by atomic mass is 9.78. The van der Waals surface area contributed by atoms with Crippen LogP contribution in [0, 0.1) is 11.8 Å². The van der Waals surface area contributed by atoms with E-state index in [0.29, 0.717) is 12.5 Å². The molecule has 13 heavy (non-hydrogen) atoms. The van der Waals surface area contributed by atoms with Crippen LogP contribution < -0.4 is 5.73 Å². The van der Waals surface area contributed by atoms with Crippen LogP contribution in [0.5, 0.6) is 0 Å². The van der Waals surface area contributed by atoms with Crippen LogP contribution in [0.25, 0.3) is 0 Å². The van der Waals surface area contributed by atoms with E-state index in [1.807, 2.05) is 6.92 Å². The lowest BCUT2D eigenvalue weighted by Crippen LogP contribution is -2.36. The van der Waals surface area contributed by atoms with Gasteiger partial charge in [0.05, 0.1) is 12.5 Å². The highest BCUT2D eigenvalue weighted by Gasteiger charge is 2.31. The molecule has 0 heterocycles. The molecule has 0 aliphatic heterocycles. The molecule has 0 aromatic heterocycles. The number of esters is 1. The predicted molar refractivity (Wildman–Crippen MR) is 51.1 cm³/mol. The van der Waals surface area contributed by atoms with E-state index in [1.54, 1.807) is 0 Å². The number of ether oxygens (including phenoxy) is 1. The van der Waals surface area contributed by atoms with Crippen LogP contribution in [0.15, 0.2) is 0 Å². The molecule has 1 aliphatic rings. The van der Waals surface area contributed by atoms with E-state index < -0.39 is 0 Å². The van der Waals surface area contributed by atoms with Gasteiger partial charge in [0.2, 0.25) is 0 Å². The van der Waals surface area contributed by atoms with Gasteiger partial charge in [-0.05, 0) is 32.1 Å². The van der Waals surface area contributed by atoms with Crippen molar-refractivity contribution in [3.8, 4) is 0 Å². The van der Waals surface area contributed by atoms with Gasteiger partial charge in [-0.25, -0.2) is 0 Å². The second kappa shape index (κ2) is 4.61. The number of hydrogen-bond acceptors (Lipinski definition) is 3. The topological polar surface area (TPSA) is 52.3 Å². The Balaban J connectivity index is 2.45. The smallest absolute Gasteiger partial charge is 0.309 e. The van der Waals surface area contributed by atoms with Crippen molar-refractivity contribution in [3.63, 3.8) is 0 Å². The summed E-state index contributed by atoms with van der Waals surface area (Å²) in [5.41, 5.74) is 5.81. The molecule has 1 fully saturated rings. The van der Waals surface area contributed by atoms with Crippen molar-refractivity contribution in [2.24, 2.45) is 17.6 Å². The molecule has 0 aromatic carbocycles. The van der Waals surface area contributed by atoms with Gasteiger partial charge < -0.3 is 10.5 Å². The monoisotopic (exact) mass is 185 g/mol. The Bertz CT molecular complexity index is 182. The standard InChI is InChI=1S/C10H19NO2/c1-3-13-10(12)9-5-4-8(11)6-7(9)2/h7-9H,3-6,11H2,1-2H3/t7-,8-,9+/m1/s1. The molecule has 1 saturated carbocycles. The van der Waals surface area contributed by atoms with Crippen LogP contribution in [-0.2, 0) is 9.53 Å². The summed E-state index contributed by atoms with van der Waals surface area (Å²) < 4.78 is 5.01. The molecule has 2 N–H and O–H groups in total. The molecular formula is C10H19NO2. The highest BCUT2D eigenvalue weighted by atomic mass is 16.5. The molecule has 3 heteroatoms. The SMILES string of the molecule is CCOC(=O)[C@H]1CC[C@@H](N)C[C@H]1C. The number of hydrogen-bond donors (Lipinski definition) is 1. The largest absolute Gasteiger partial charge is 0.466 e. The summed E-state index contributed by atoms with van der Waals surface area (Å²) in [5, 5.41) is 0. The molecule has 0 spiro atoms. The van der Waals surface area contributed by atoms with E-state index in [4.69, 9.17) is 10.5 Å². The summed E-state index contributed by atoms with van der Waals surface area (Å²) >= 11 is 0. The van der Waals surface area contributed by atoms with Gasteiger partial charge in [-0.2, -0.15) is 0 Å². The van der Waals surface area contributed by atoms with Crippen molar-refractivity contribution in [3.05, 3.63) is 0 Å². The Labute approximate surface area is 79.6 Å². The van der Waals surface area contributed by atoms with E-state index in [1.165, 1.54) is 0 Å². The quantitative estimate of drug-likeness (QED) is 0.660. The molecule has 0 radical (unpaired) electrons. The van der Waals surface area contributed by atoms with E-state index in [0.717, 1.165) is 19.3 Å². The second-order valence-electron chi connectivity index (χ2n) is 3.91. The average molecular weight is 185 g/mol. The van der Waals surface area contributed by atoms with Gasteiger partial charge in [0.1, 0.15) is 0 Å². The lowest BCUT2D eigenvalue weighted by Gasteiger charge is -2.30. The zero-order chi connectivity index (χ0) is 9.84. The van der Waals surface area contributed by atoms with Crippen LogP contribution in [0.4, 0.5) is 0 Å². The van der Waals surface area contributed by atoms with Crippen molar-refractivity contribution >= 4 is 5.97 Å². The Kier molecular flexibility index (Phi) is 3.72. The van der Waals surface area contributed by atoms with Crippen molar-refractivity contribution in [2.45, 2.75) is 39.2 Å². The third-order valence-corrected chi connectivity index (χ3v) is 2.80. The summed E-state index contributed by atoms with van der Waals surface area (Å²) in [5.74, 6) is 0.421. The molecular weight excluding hydrogens is 166 g/mol. The van der Waals surface area contributed by atoms with Gasteiger partial charge in [-0.15, -0.1) is 0 Å². The molecule has 3 atom stereocenters. The Hall–Kier alpha value is -0.570. The van der Waals surface area contributed by atoms with Crippen molar-refractivity contribution < 1.29 is 9.53 Å². The first kappa shape index (κ1) is 10.5. The minimum atomic E-state index is -0.0399. The fourth-order valence-corrected chi connectivity index (χ4v) is 2.04. The Morgan fingerprint density at radius 2 is 2.23 bits per heavy atom. The maximum atomic E-state index is 11.5. The maximum absolute atomic E-state index is 11.5. The highest BCUT2D eigenvalue weighted by molar-refractivity contribution is 5.72. The van der Waals surface area contributed by atoms with E-state index >= 15 is 0 Å². The Morgan fingerprint density at radius 1 is 1.54 bits per heavy atom. The van der Waals surface area contributed by atoms with E-state index in [-0.39, 0.29) is 17.9 Å². The minimum absolute atomic E-state index is 0.0399. The third-order valence-electron chi connectivity index (χ3n) is 2.80. The van der Waals surface area contributed by atoms with Gasteiger partial charge in [-0.3, -0.25) is 4.79 Å². The van der Waals surface area contributed by atoms with Crippen molar-refractivity contribution in [1.82, 2.24) is 0 Å². The number of carbonyl (C=O) groups is 1. The zero-order valence-corrected chi connectivity index (χ0v) is 8.45. The summed E-state index contributed by atoms with van der Waals surface area (Å²) in [6, 6.07) is 0.278. The van der Waals surface area contributed by atoms with Crippen molar-refractivity contribution in [2.75, 3.05) is 6.61 Å². The summed E-state index contributed by atoms with van der Waals surface area (Å²) in [4.78, 5) is 11.5. The fraction of sp³-hybridized carbons (Fsp3) is 0.900. The average Bonchev–Trinajstić information content (AvgIpc) is 2.04. The Morgan fingerprint density at radius 3 is 2.77 bits per heavy atom. The number of carbonyl (C=O) groups excluding carboxylic acids is 1. The van der Waals surface area contributed by atoms with Gasteiger partial charge in [0.15, 0.2) is 0 Å². The van der Waals surface area contributed by atoms with Crippen LogP contribution in [0.2, 0.25) is 0 Å². The molecule has 76 valence electrons. The first-order valence-electron chi connectivity index (χ1n) is 5.07.